The number of nitrogens with zero attached hydrogens (tertiary/aromatic N) is 5. The summed E-state index contributed by atoms with van der Waals surface area (Å²) in [4.78, 5) is 25.9. The van der Waals surface area contributed by atoms with E-state index in [-0.39, 0.29) is 42.7 Å². The van der Waals surface area contributed by atoms with E-state index in [9.17, 15) is 18.0 Å². The lowest BCUT2D eigenvalue weighted by Crippen LogP contribution is -2.50. The number of carbonyl (C=O) groups is 2. The van der Waals surface area contributed by atoms with Crippen molar-refractivity contribution >= 4 is 27.9 Å². The zero-order valence-corrected chi connectivity index (χ0v) is 20.7. The molecule has 1 aliphatic rings. The molecule has 4 rings (SSSR count). The zero-order chi connectivity index (χ0) is 25.3. The Morgan fingerprint density at radius 3 is 2.31 bits per heavy atom. The van der Waals surface area contributed by atoms with Crippen molar-refractivity contribution < 1.29 is 18.0 Å². The molecular formula is C24H28N6O4S. The number of aryl methyl sites for hydroxylation is 2. The number of amides is 2. The molecular weight excluding hydrogens is 468 g/mol. The first kappa shape index (κ1) is 24.4. The van der Waals surface area contributed by atoms with Gasteiger partial charge < -0.3 is 15.2 Å². The highest BCUT2D eigenvalue weighted by molar-refractivity contribution is 7.89. The van der Waals surface area contributed by atoms with Gasteiger partial charge in [-0.25, -0.2) is 13.1 Å². The number of piperazine rings is 1. The summed E-state index contributed by atoms with van der Waals surface area (Å²) in [5.41, 5.74) is 8.96. The fourth-order valence-electron chi connectivity index (χ4n) is 4.19. The molecule has 0 aliphatic carbocycles. The molecule has 3 aromatic rings. The van der Waals surface area contributed by atoms with Gasteiger partial charge in [0.05, 0.1) is 11.4 Å². The van der Waals surface area contributed by atoms with Crippen LogP contribution in [0.3, 0.4) is 0 Å². The summed E-state index contributed by atoms with van der Waals surface area (Å²) in [6.07, 6.45) is 4.64. The Balaban J connectivity index is 1.42. The first-order chi connectivity index (χ1) is 16.6. The summed E-state index contributed by atoms with van der Waals surface area (Å²) in [5, 5.41) is 4.59. The van der Waals surface area contributed by atoms with Gasteiger partial charge in [0.15, 0.2) is 0 Å². The number of carbonyl (C=O) groups excluding carboxylic acids is 2. The molecule has 0 unspecified atom stereocenters. The Hall–Kier alpha value is -3.70. The SMILES string of the molecule is Cc1nn(-c2ccccc2)c(C)c1/C=C/C(=O)N1CCN(S(=O)(=O)c2cc(C(N)=O)n(C)c2)CC1. The molecule has 10 nitrogen and oxygen atoms in total. The number of nitrogens with two attached hydrogens (primary N) is 1. The largest absolute Gasteiger partial charge is 0.364 e. The van der Waals surface area contributed by atoms with Crippen LogP contribution >= 0.6 is 0 Å². The maximum absolute atomic E-state index is 13.0. The van der Waals surface area contributed by atoms with Crippen LogP contribution in [0.4, 0.5) is 0 Å². The maximum Gasteiger partial charge on any atom is 0.265 e. The summed E-state index contributed by atoms with van der Waals surface area (Å²) in [6, 6.07) is 11.0. The van der Waals surface area contributed by atoms with Crippen molar-refractivity contribution in [2.45, 2.75) is 18.7 Å². The van der Waals surface area contributed by atoms with Gasteiger partial charge in [0.2, 0.25) is 15.9 Å². The molecule has 0 radical (unpaired) electrons. The van der Waals surface area contributed by atoms with Crippen molar-refractivity contribution in [1.82, 2.24) is 23.6 Å². The molecule has 2 aromatic heterocycles. The summed E-state index contributed by atoms with van der Waals surface area (Å²) in [6.45, 7) is 4.69. The summed E-state index contributed by atoms with van der Waals surface area (Å²) in [7, 11) is -2.23. The van der Waals surface area contributed by atoms with Crippen LogP contribution in [0.2, 0.25) is 0 Å². The minimum Gasteiger partial charge on any atom is -0.364 e. The average molecular weight is 497 g/mol. The third-order valence-corrected chi connectivity index (χ3v) is 8.02. The summed E-state index contributed by atoms with van der Waals surface area (Å²) < 4.78 is 30.5. The minimum atomic E-state index is -3.80. The lowest BCUT2D eigenvalue weighted by molar-refractivity contribution is -0.127. The molecule has 3 heterocycles. The molecule has 0 bridgehead atoms. The van der Waals surface area contributed by atoms with E-state index in [4.69, 9.17) is 5.73 Å². The standard InChI is InChI=1S/C24H28N6O4S/c1-17-21(18(2)30(26-17)19-7-5-4-6-8-19)9-10-23(31)28-11-13-29(14-12-28)35(33,34)20-15-22(24(25)32)27(3)16-20/h4-10,15-16H,11-14H2,1-3H3,(H2,25,32)/b10-9+. The van der Waals surface area contributed by atoms with Crippen molar-refractivity contribution in [1.29, 1.82) is 0 Å². The Morgan fingerprint density at radius 1 is 1.06 bits per heavy atom. The number of sulfonamides is 1. The molecule has 0 spiro atoms. The fraction of sp³-hybridized carbons (Fsp3) is 0.292. The quantitative estimate of drug-likeness (QED) is 0.518. The van der Waals surface area contributed by atoms with Gasteiger partial charge in [-0.2, -0.15) is 9.40 Å². The van der Waals surface area contributed by atoms with Gasteiger partial charge in [-0.05, 0) is 38.1 Å². The van der Waals surface area contributed by atoms with E-state index in [1.807, 2.05) is 48.9 Å². The van der Waals surface area contributed by atoms with Crippen LogP contribution in [0.1, 0.15) is 27.4 Å². The highest BCUT2D eigenvalue weighted by atomic mass is 32.2. The predicted molar refractivity (Wildman–Crippen MR) is 131 cm³/mol. The van der Waals surface area contributed by atoms with E-state index in [0.29, 0.717) is 0 Å². The molecule has 0 saturated carbocycles. The Labute approximate surface area is 204 Å². The summed E-state index contributed by atoms with van der Waals surface area (Å²) >= 11 is 0. The van der Waals surface area contributed by atoms with Crippen molar-refractivity contribution in [2.75, 3.05) is 26.2 Å². The van der Waals surface area contributed by atoms with Gasteiger partial charge in [0, 0.05) is 56.8 Å². The number of rotatable bonds is 6. The van der Waals surface area contributed by atoms with E-state index in [0.717, 1.165) is 22.6 Å². The molecule has 11 heteroatoms. The van der Waals surface area contributed by atoms with Crippen LogP contribution in [-0.2, 0) is 21.9 Å². The molecule has 2 amide bonds. The molecule has 1 fully saturated rings. The first-order valence-electron chi connectivity index (χ1n) is 11.1. The number of hydrogen-bond acceptors (Lipinski definition) is 5. The van der Waals surface area contributed by atoms with Gasteiger partial charge in [0.25, 0.3) is 5.91 Å². The van der Waals surface area contributed by atoms with E-state index in [1.54, 1.807) is 18.0 Å². The molecule has 35 heavy (non-hydrogen) atoms. The number of aromatic nitrogens is 3. The van der Waals surface area contributed by atoms with Crippen LogP contribution in [0, 0.1) is 13.8 Å². The van der Waals surface area contributed by atoms with Gasteiger partial charge in [0.1, 0.15) is 10.6 Å². The van der Waals surface area contributed by atoms with Crippen molar-refractivity contribution in [3.63, 3.8) is 0 Å². The van der Waals surface area contributed by atoms with Crippen LogP contribution in [0.5, 0.6) is 0 Å². The first-order valence-corrected chi connectivity index (χ1v) is 12.6. The Bertz CT molecular complexity index is 1400. The van der Waals surface area contributed by atoms with Gasteiger partial charge in [-0.1, -0.05) is 18.2 Å². The van der Waals surface area contributed by atoms with Gasteiger partial charge in [-0.15, -0.1) is 0 Å². The third kappa shape index (κ3) is 4.77. The minimum absolute atomic E-state index is 0.00912. The second kappa shape index (κ2) is 9.51. The van der Waals surface area contributed by atoms with Gasteiger partial charge >= 0.3 is 0 Å². The van der Waals surface area contributed by atoms with Crippen LogP contribution < -0.4 is 5.73 Å². The smallest absolute Gasteiger partial charge is 0.265 e. The van der Waals surface area contributed by atoms with E-state index in [2.05, 4.69) is 5.10 Å². The fourth-order valence-corrected chi connectivity index (χ4v) is 5.69. The number of hydrogen-bond donors (Lipinski definition) is 1. The molecule has 1 aliphatic heterocycles. The second-order valence-corrected chi connectivity index (χ2v) is 10.4. The van der Waals surface area contributed by atoms with Crippen molar-refractivity contribution in [3.8, 4) is 5.69 Å². The third-order valence-electron chi connectivity index (χ3n) is 6.16. The van der Waals surface area contributed by atoms with Crippen molar-refractivity contribution in [2.24, 2.45) is 12.8 Å². The number of para-hydroxylation sites is 1. The topological polar surface area (TPSA) is 124 Å². The molecule has 0 atom stereocenters. The van der Waals surface area contributed by atoms with E-state index in [1.165, 1.54) is 27.2 Å². The van der Waals surface area contributed by atoms with E-state index >= 15 is 0 Å². The van der Waals surface area contributed by atoms with Crippen molar-refractivity contribution in [3.05, 3.63) is 71.3 Å². The number of primary amides is 1. The molecule has 184 valence electrons. The molecule has 1 aromatic carbocycles. The zero-order valence-electron chi connectivity index (χ0n) is 19.9. The van der Waals surface area contributed by atoms with Gasteiger partial charge in [-0.3, -0.25) is 9.59 Å². The highest BCUT2D eigenvalue weighted by Gasteiger charge is 2.31. The second-order valence-electron chi connectivity index (χ2n) is 8.43. The Morgan fingerprint density at radius 2 is 1.71 bits per heavy atom. The molecule has 2 N–H and O–H groups in total. The normalized spacial score (nSPS) is 15.1. The number of benzene rings is 1. The monoisotopic (exact) mass is 496 g/mol. The predicted octanol–water partition coefficient (Wildman–Crippen LogP) is 1.47. The summed E-state index contributed by atoms with van der Waals surface area (Å²) in [5.74, 6) is -0.889. The van der Waals surface area contributed by atoms with Crippen LogP contribution in [0.25, 0.3) is 11.8 Å². The Kier molecular flexibility index (Phi) is 6.64. The molecule has 1 saturated heterocycles. The average Bonchev–Trinajstić information content (AvgIpc) is 3.38. The highest BCUT2D eigenvalue weighted by Crippen LogP contribution is 2.21. The van der Waals surface area contributed by atoms with Crippen LogP contribution in [-0.4, -0.2) is 70.0 Å². The maximum atomic E-state index is 13.0. The lowest BCUT2D eigenvalue weighted by Gasteiger charge is -2.33. The lowest BCUT2D eigenvalue weighted by atomic mass is 10.1. The van der Waals surface area contributed by atoms with E-state index < -0.39 is 15.9 Å². The van der Waals surface area contributed by atoms with Crippen LogP contribution in [0.15, 0.2) is 53.6 Å².